The van der Waals surface area contributed by atoms with Gasteiger partial charge in [-0.1, -0.05) is 41.9 Å². The molecule has 2 unspecified atom stereocenters. The maximum Gasteiger partial charge on any atom is 0.258 e. The normalized spacial score (nSPS) is 19.7. The number of ether oxygens (including phenoxy) is 1. The van der Waals surface area contributed by atoms with E-state index in [1.165, 1.54) is 25.5 Å². The number of likely N-dealkylation sites (tertiary alicyclic amines) is 2. The minimum absolute atomic E-state index is 0.100. The third kappa shape index (κ3) is 4.92. The van der Waals surface area contributed by atoms with E-state index in [4.69, 9.17) is 16.3 Å². The van der Waals surface area contributed by atoms with Gasteiger partial charge in [0.15, 0.2) is 0 Å². The topological polar surface area (TPSA) is 61.9 Å². The third-order valence-corrected chi connectivity index (χ3v) is 6.68. The van der Waals surface area contributed by atoms with Crippen LogP contribution in [0.4, 0.5) is 0 Å². The first-order chi connectivity index (χ1) is 15.6. The molecule has 0 spiro atoms. The highest BCUT2D eigenvalue weighted by Crippen LogP contribution is 2.28. The molecule has 2 aliphatic heterocycles. The lowest BCUT2D eigenvalue weighted by Crippen LogP contribution is -2.48. The van der Waals surface area contributed by atoms with Crippen molar-refractivity contribution < 1.29 is 14.3 Å². The lowest BCUT2D eigenvalue weighted by Gasteiger charge is -2.30. The van der Waals surface area contributed by atoms with Crippen LogP contribution >= 0.6 is 11.6 Å². The standard InChI is InChI=1S/C25H30ClN3O3/c1-32-23-12-11-19(26)16-20(23)25(31)29-15-7-10-21(29)24(30)27-17-22(28-13-5-6-14-28)18-8-3-2-4-9-18/h2-4,8-9,11-12,16,21-22H,5-7,10,13-15,17H2,1H3,(H,27,30). The van der Waals surface area contributed by atoms with Crippen LogP contribution in [0.1, 0.15) is 47.6 Å². The van der Waals surface area contributed by atoms with Crippen molar-refractivity contribution >= 4 is 23.4 Å². The van der Waals surface area contributed by atoms with E-state index in [2.05, 4.69) is 22.3 Å². The number of carbonyl (C=O) groups excluding carboxylic acids is 2. The maximum absolute atomic E-state index is 13.3. The summed E-state index contributed by atoms with van der Waals surface area (Å²) >= 11 is 6.12. The average molecular weight is 456 g/mol. The summed E-state index contributed by atoms with van der Waals surface area (Å²) < 4.78 is 5.35. The second-order valence-corrected chi connectivity index (χ2v) is 8.85. The van der Waals surface area contributed by atoms with Crippen LogP contribution in [0.3, 0.4) is 0 Å². The van der Waals surface area contributed by atoms with Gasteiger partial charge in [-0.25, -0.2) is 0 Å². The van der Waals surface area contributed by atoms with Crippen LogP contribution in [0.2, 0.25) is 5.02 Å². The number of carbonyl (C=O) groups is 2. The minimum Gasteiger partial charge on any atom is -0.496 e. The highest BCUT2D eigenvalue weighted by molar-refractivity contribution is 6.31. The van der Waals surface area contributed by atoms with Gasteiger partial charge in [-0.15, -0.1) is 0 Å². The van der Waals surface area contributed by atoms with Crippen molar-refractivity contribution in [3.63, 3.8) is 0 Å². The summed E-state index contributed by atoms with van der Waals surface area (Å²) in [6.45, 7) is 3.15. The van der Waals surface area contributed by atoms with Crippen LogP contribution < -0.4 is 10.1 Å². The Labute approximate surface area is 194 Å². The molecule has 32 heavy (non-hydrogen) atoms. The lowest BCUT2D eigenvalue weighted by molar-refractivity contribution is -0.125. The zero-order valence-corrected chi connectivity index (χ0v) is 19.2. The van der Waals surface area contributed by atoms with Crippen LogP contribution in [0.15, 0.2) is 48.5 Å². The number of hydrogen-bond donors (Lipinski definition) is 1. The summed E-state index contributed by atoms with van der Waals surface area (Å²) in [7, 11) is 1.52. The van der Waals surface area contributed by atoms with Gasteiger partial charge in [0.2, 0.25) is 5.91 Å². The Morgan fingerprint density at radius 1 is 1.09 bits per heavy atom. The van der Waals surface area contributed by atoms with Gasteiger partial charge in [-0.3, -0.25) is 14.5 Å². The number of methoxy groups -OCH3 is 1. The van der Waals surface area contributed by atoms with Crippen LogP contribution in [0.25, 0.3) is 0 Å². The molecule has 2 saturated heterocycles. The predicted octanol–water partition coefficient (Wildman–Crippen LogP) is 3.91. The summed E-state index contributed by atoms with van der Waals surface area (Å²) in [6.07, 6.45) is 3.81. The molecule has 2 aromatic carbocycles. The Balaban J connectivity index is 1.46. The zero-order chi connectivity index (χ0) is 22.5. The molecule has 0 saturated carbocycles. The van der Waals surface area contributed by atoms with Gasteiger partial charge >= 0.3 is 0 Å². The summed E-state index contributed by atoms with van der Waals surface area (Å²) in [5, 5.41) is 3.61. The average Bonchev–Trinajstić information content (AvgIpc) is 3.52. The molecule has 2 aromatic rings. The Kier molecular flexibility index (Phi) is 7.33. The molecule has 2 heterocycles. The Bertz CT molecular complexity index is 947. The van der Waals surface area contributed by atoms with Gasteiger partial charge in [0, 0.05) is 18.1 Å². The summed E-state index contributed by atoms with van der Waals surface area (Å²) in [4.78, 5) is 30.5. The fourth-order valence-electron chi connectivity index (χ4n) is 4.79. The van der Waals surface area contributed by atoms with Gasteiger partial charge < -0.3 is 15.0 Å². The SMILES string of the molecule is COc1ccc(Cl)cc1C(=O)N1CCCC1C(=O)NCC(c1ccccc1)N1CCCC1. The number of amides is 2. The lowest BCUT2D eigenvalue weighted by atomic mass is 10.1. The van der Waals surface area contributed by atoms with Gasteiger partial charge in [0.1, 0.15) is 11.8 Å². The predicted molar refractivity (Wildman–Crippen MR) is 125 cm³/mol. The molecule has 170 valence electrons. The van der Waals surface area contributed by atoms with Crippen LogP contribution in [0.5, 0.6) is 5.75 Å². The van der Waals surface area contributed by atoms with Crippen molar-refractivity contribution in [2.45, 2.75) is 37.8 Å². The molecule has 4 rings (SSSR count). The Morgan fingerprint density at radius 2 is 1.84 bits per heavy atom. The number of benzene rings is 2. The first-order valence-corrected chi connectivity index (χ1v) is 11.7. The fraction of sp³-hybridized carbons (Fsp3) is 0.440. The molecule has 2 amide bonds. The van der Waals surface area contributed by atoms with Gasteiger partial charge in [-0.2, -0.15) is 0 Å². The van der Waals surface area contributed by atoms with E-state index in [0.717, 1.165) is 19.5 Å². The van der Waals surface area contributed by atoms with Gasteiger partial charge in [0.05, 0.1) is 18.7 Å². The van der Waals surface area contributed by atoms with Crippen LogP contribution in [-0.2, 0) is 4.79 Å². The summed E-state index contributed by atoms with van der Waals surface area (Å²) in [5.41, 5.74) is 1.59. The second kappa shape index (κ2) is 10.4. The first-order valence-electron chi connectivity index (χ1n) is 11.3. The smallest absolute Gasteiger partial charge is 0.258 e. The van der Waals surface area contributed by atoms with Crippen molar-refractivity contribution in [2.75, 3.05) is 33.3 Å². The molecule has 7 heteroatoms. The summed E-state index contributed by atoms with van der Waals surface area (Å²) in [5.74, 6) is 0.141. The number of halogens is 1. The number of hydrogen-bond acceptors (Lipinski definition) is 4. The zero-order valence-electron chi connectivity index (χ0n) is 18.4. The van der Waals surface area contributed by atoms with E-state index in [1.807, 2.05) is 18.2 Å². The van der Waals surface area contributed by atoms with E-state index < -0.39 is 6.04 Å². The Hall–Kier alpha value is -2.57. The summed E-state index contributed by atoms with van der Waals surface area (Å²) in [6, 6.07) is 14.9. The van der Waals surface area contributed by atoms with E-state index >= 15 is 0 Å². The molecule has 0 aromatic heterocycles. The van der Waals surface area contributed by atoms with E-state index in [1.54, 1.807) is 23.1 Å². The third-order valence-electron chi connectivity index (χ3n) is 6.44. The molecular formula is C25H30ClN3O3. The molecule has 2 fully saturated rings. The molecular weight excluding hydrogens is 426 g/mol. The maximum atomic E-state index is 13.3. The van der Waals surface area contributed by atoms with Crippen molar-refractivity contribution in [2.24, 2.45) is 0 Å². The van der Waals surface area contributed by atoms with Crippen molar-refractivity contribution in [3.8, 4) is 5.75 Å². The number of nitrogens with zero attached hydrogens (tertiary/aromatic N) is 2. The van der Waals surface area contributed by atoms with Crippen LogP contribution in [0, 0.1) is 0 Å². The van der Waals surface area contributed by atoms with E-state index in [9.17, 15) is 9.59 Å². The largest absolute Gasteiger partial charge is 0.496 e. The molecule has 0 bridgehead atoms. The number of nitrogens with one attached hydrogen (secondary N) is 1. The van der Waals surface area contributed by atoms with Crippen molar-refractivity contribution in [1.82, 2.24) is 15.1 Å². The van der Waals surface area contributed by atoms with E-state index in [-0.39, 0.29) is 17.9 Å². The second-order valence-electron chi connectivity index (χ2n) is 8.42. The molecule has 0 aliphatic carbocycles. The van der Waals surface area contributed by atoms with Crippen molar-refractivity contribution in [3.05, 3.63) is 64.7 Å². The quantitative estimate of drug-likeness (QED) is 0.687. The van der Waals surface area contributed by atoms with E-state index in [0.29, 0.717) is 35.8 Å². The molecule has 6 nitrogen and oxygen atoms in total. The van der Waals surface area contributed by atoms with Crippen LogP contribution in [-0.4, -0.2) is 60.9 Å². The minimum atomic E-state index is -0.485. The molecule has 1 N–H and O–H groups in total. The highest BCUT2D eigenvalue weighted by atomic mass is 35.5. The van der Waals surface area contributed by atoms with Crippen molar-refractivity contribution in [1.29, 1.82) is 0 Å². The van der Waals surface area contributed by atoms with Gasteiger partial charge in [0.25, 0.3) is 5.91 Å². The van der Waals surface area contributed by atoms with Gasteiger partial charge in [-0.05, 0) is 62.5 Å². The molecule has 2 aliphatic rings. The molecule has 0 radical (unpaired) electrons. The fourth-order valence-corrected chi connectivity index (χ4v) is 4.96. The molecule has 2 atom stereocenters. The number of rotatable bonds is 7. The monoisotopic (exact) mass is 455 g/mol. The Morgan fingerprint density at radius 3 is 2.56 bits per heavy atom. The first kappa shape index (κ1) is 22.6. The highest BCUT2D eigenvalue weighted by Gasteiger charge is 2.36.